The van der Waals surface area contributed by atoms with Crippen LogP contribution in [-0.4, -0.2) is 37.8 Å². The van der Waals surface area contributed by atoms with Crippen LogP contribution < -0.4 is 10.6 Å². The second-order valence-electron chi connectivity index (χ2n) is 7.43. The number of hydrogen-bond acceptors (Lipinski definition) is 6. The van der Waals surface area contributed by atoms with E-state index in [1.54, 1.807) is 30.3 Å². The molecule has 1 aliphatic carbocycles. The highest BCUT2D eigenvalue weighted by molar-refractivity contribution is 7.90. The summed E-state index contributed by atoms with van der Waals surface area (Å²) in [5.74, 6) is -2.20. The fourth-order valence-electron chi connectivity index (χ4n) is 3.05. The summed E-state index contributed by atoms with van der Waals surface area (Å²) in [4.78, 5) is 12.7. The smallest absolute Gasteiger partial charge is 0.336 e. The molecule has 1 saturated carbocycles. The average Bonchev–Trinajstić information content (AvgIpc) is 3.25. The summed E-state index contributed by atoms with van der Waals surface area (Å²) < 4.78 is 66.6. The van der Waals surface area contributed by atoms with E-state index >= 15 is 0 Å². The maximum absolute atomic E-state index is 13.7. The molecular formula is C20H20F3N3O3S2. The molecule has 166 valence electrons. The van der Waals surface area contributed by atoms with Gasteiger partial charge in [-0.25, -0.2) is 8.42 Å². The fourth-order valence-corrected chi connectivity index (χ4v) is 5.43. The van der Waals surface area contributed by atoms with E-state index in [-0.39, 0.29) is 4.88 Å². The number of halogens is 3. The average molecular weight is 472 g/mol. The van der Waals surface area contributed by atoms with Crippen molar-refractivity contribution in [1.82, 2.24) is 10.6 Å². The number of alkyl halides is 3. The van der Waals surface area contributed by atoms with Gasteiger partial charge in [0, 0.05) is 4.88 Å². The summed E-state index contributed by atoms with van der Waals surface area (Å²) in [6.45, 7) is 0. The number of carbonyl (C=O) groups excluding carboxylic acids is 1. The molecule has 2 aromatic rings. The van der Waals surface area contributed by atoms with Gasteiger partial charge in [-0.1, -0.05) is 36.4 Å². The third-order valence-electron chi connectivity index (χ3n) is 4.82. The van der Waals surface area contributed by atoms with E-state index in [1.165, 1.54) is 17.5 Å². The van der Waals surface area contributed by atoms with Crippen molar-refractivity contribution in [1.29, 1.82) is 5.26 Å². The van der Waals surface area contributed by atoms with Gasteiger partial charge in [-0.3, -0.25) is 10.1 Å². The number of nitrogens with zero attached hydrogens (tertiary/aromatic N) is 1. The van der Waals surface area contributed by atoms with E-state index in [4.69, 9.17) is 0 Å². The lowest BCUT2D eigenvalue weighted by atomic mass is 10.1. The quantitative estimate of drug-likeness (QED) is 0.586. The Balaban J connectivity index is 1.85. The molecule has 0 radical (unpaired) electrons. The predicted octanol–water partition coefficient (Wildman–Crippen LogP) is 3.10. The highest BCUT2D eigenvalue weighted by Crippen LogP contribution is 2.36. The van der Waals surface area contributed by atoms with Crippen molar-refractivity contribution < 1.29 is 26.4 Å². The third-order valence-corrected chi connectivity index (χ3v) is 7.37. The van der Waals surface area contributed by atoms with Gasteiger partial charge in [-0.15, -0.1) is 11.3 Å². The van der Waals surface area contributed by atoms with Gasteiger partial charge in [-0.2, -0.15) is 18.4 Å². The van der Waals surface area contributed by atoms with Crippen molar-refractivity contribution in [2.24, 2.45) is 0 Å². The third kappa shape index (κ3) is 6.29. The molecule has 2 atom stereocenters. The molecule has 1 aromatic heterocycles. The molecule has 1 aromatic carbocycles. The molecule has 2 N–H and O–H groups in total. The molecule has 6 nitrogen and oxygen atoms in total. The molecule has 1 heterocycles. The Morgan fingerprint density at radius 3 is 2.39 bits per heavy atom. The van der Waals surface area contributed by atoms with Crippen LogP contribution in [0.1, 0.15) is 29.3 Å². The molecule has 1 unspecified atom stereocenters. The van der Waals surface area contributed by atoms with E-state index in [2.05, 4.69) is 10.6 Å². The van der Waals surface area contributed by atoms with E-state index in [9.17, 15) is 31.6 Å². The van der Waals surface area contributed by atoms with Gasteiger partial charge in [0.25, 0.3) is 0 Å². The maximum atomic E-state index is 13.7. The fraction of sp³-hybridized carbons (Fsp3) is 0.400. The zero-order valence-corrected chi connectivity index (χ0v) is 17.9. The molecular weight excluding hydrogens is 451 g/mol. The Hall–Kier alpha value is -2.42. The van der Waals surface area contributed by atoms with Crippen molar-refractivity contribution in [3.63, 3.8) is 0 Å². The van der Waals surface area contributed by atoms with Crippen LogP contribution in [0.3, 0.4) is 0 Å². The SMILES string of the molecule is N#CC1(NC(=O)[C@H](CS(=O)(=O)Cc2ccccc2)NC(c2cccs2)C(F)(F)F)CC1. The van der Waals surface area contributed by atoms with Crippen LogP contribution in [0.5, 0.6) is 0 Å². The van der Waals surface area contributed by atoms with E-state index in [0.29, 0.717) is 18.4 Å². The molecule has 1 fully saturated rings. The first-order valence-electron chi connectivity index (χ1n) is 9.37. The second kappa shape index (κ2) is 8.98. The van der Waals surface area contributed by atoms with Crippen molar-refractivity contribution >= 4 is 27.1 Å². The first-order valence-corrected chi connectivity index (χ1v) is 12.1. The number of sulfone groups is 1. The molecule has 0 saturated heterocycles. The van der Waals surface area contributed by atoms with E-state index in [1.807, 2.05) is 6.07 Å². The highest BCUT2D eigenvalue weighted by atomic mass is 32.2. The standard InChI is InChI=1S/C20H20F3N3O3S2/c21-20(22,23)17(16-7-4-10-30-16)25-15(18(27)26-19(13-24)8-9-19)12-31(28,29)11-14-5-2-1-3-6-14/h1-7,10,15,17,25H,8-9,11-12H2,(H,26,27)/t15-,17?/m0/s1. The van der Waals surface area contributed by atoms with Crippen LogP contribution in [0.4, 0.5) is 13.2 Å². The first kappa shape index (κ1) is 23.2. The predicted molar refractivity (Wildman–Crippen MR) is 110 cm³/mol. The molecule has 0 aliphatic heterocycles. The van der Waals surface area contributed by atoms with Gasteiger partial charge >= 0.3 is 6.18 Å². The molecule has 11 heteroatoms. The summed E-state index contributed by atoms with van der Waals surface area (Å²) in [5, 5.41) is 15.3. The van der Waals surface area contributed by atoms with Crippen molar-refractivity contribution in [2.75, 3.05) is 5.75 Å². The lowest BCUT2D eigenvalue weighted by molar-refractivity contribution is -0.159. The van der Waals surface area contributed by atoms with Crippen molar-refractivity contribution in [3.05, 3.63) is 58.3 Å². The maximum Gasteiger partial charge on any atom is 0.408 e. The minimum Gasteiger partial charge on any atom is -0.336 e. The Morgan fingerprint density at radius 2 is 1.87 bits per heavy atom. The second-order valence-corrected chi connectivity index (χ2v) is 10.5. The van der Waals surface area contributed by atoms with Crippen LogP contribution in [0, 0.1) is 11.3 Å². The van der Waals surface area contributed by atoms with Crippen LogP contribution in [-0.2, 0) is 20.4 Å². The molecule has 0 spiro atoms. The number of rotatable bonds is 9. The van der Waals surface area contributed by atoms with Crippen LogP contribution in [0.15, 0.2) is 47.8 Å². The zero-order valence-electron chi connectivity index (χ0n) is 16.2. The van der Waals surface area contributed by atoms with Gasteiger partial charge in [0.1, 0.15) is 17.6 Å². The highest BCUT2D eigenvalue weighted by Gasteiger charge is 2.48. The van der Waals surface area contributed by atoms with Crippen LogP contribution in [0.25, 0.3) is 0 Å². The number of hydrogen-bond donors (Lipinski definition) is 2. The number of thiophene rings is 1. The number of carbonyl (C=O) groups is 1. The van der Waals surface area contributed by atoms with Crippen molar-refractivity contribution in [3.8, 4) is 6.07 Å². The minimum atomic E-state index is -4.75. The molecule has 3 rings (SSSR count). The molecule has 31 heavy (non-hydrogen) atoms. The molecule has 1 aliphatic rings. The van der Waals surface area contributed by atoms with Crippen LogP contribution >= 0.6 is 11.3 Å². The summed E-state index contributed by atoms with van der Waals surface area (Å²) >= 11 is 0.846. The topological polar surface area (TPSA) is 99.1 Å². The Kier molecular flexibility index (Phi) is 6.73. The Morgan fingerprint density at radius 1 is 1.19 bits per heavy atom. The van der Waals surface area contributed by atoms with E-state index < -0.39 is 51.0 Å². The lowest BCUT2D eigenvalue weighted by Gasteiger charge is -2.27. The monoisotopic (exact) mass is 471 g/mol. The Labute approximate surface area is 182 Å². The molecule has 0 bridgehead atoms. The van der Waals surface area contributed by atoms with Gasteiger partial charge in [0.05, 0.1) is 17.6 Å². The molecule has 1 amide bonds. The van der Waals surface area contributed by atoms with Gasteiger partial charge in [0.15, 0.2) is 9.84 Å². The number of nitrogens with one attached hydrogen (secondary N) is 2. The van der Waals surface area contributed by atoms with Crippen LogP contribution in [0.2, 0.25) is 0 Å². The minimum absolute atomic E-state index is 0.0906. The van der Waals surface area contributed by atoms with Gasteiger partial charge in [0.2, 0.25) is 5.91 Å². The normalized spacial score (nSPS) is 17.4. The van der Waals surface area contributed by atoms with Crippen molar-refractivity contribution in [2.45, 2.75) is 42.4 Å². The summed E-state index contributed by atoms with van der Waals surface area (Å²) in [7, 11) is -3.95. The van der Waals surface area contributed by atoms with Gasteiger partial charge < -0.3 is 5.32 Å². The number of benzene rings is 1. The first-order chi connectivity index (χ1) is 14.5. The largest absolute Gasteiger partial charge is 0.408 e. The lowest BCUT2D eigenvalue weighted by Crippen LogP contribution is -2.54. The van der Waals surface area contributed by atoms with E-state index in [0.717, 1.165) is 11.3 Å². The summed E-state index contributed by atoms with van der Waals surface area (Å²) in [5.41, 5.74) is -0.681. The number of nitriles is 1. The summed E-state index contributed by atoms with van der Waals surface area (Å²) in [6, 6.07) is 8.89. The number of amides is 1. The Bertz CT molecular complexity index is 1040. The van der Waals surface area contributed by atoms with Gasteiger partial charge in [-0.05, 0) is 29.9 Å². The summed E-state index contributed by atoms with van der Waals surface area (Å²) in [6.07, 6.45) is -4.02. The zero-order chi connectivity index (χ0) is 22.7.